The third-order valence-corrected chi connectivity index (χ3v) is 4.15. The molecule has 0 amide bonds. The molecule has 0 aromatic heterocycles. The summed E-state index contributed by atoms with van der Waals surface area (Å²) in [5, 5.41) is 22.2. The standard InChI is InChI=1S/C15H20N2O2/c1-15(2)13(7-14(15)18)17-9-10-4-5-12(19-3)11(6-10)8-16/h4-6,13-14,17-18H,7,9H2,1-3H3. The Balaban J connectivity index is 2.00. The highest BCUT2D eigenvalue weighted by atomic mass is 16.5. The maximum absolute atomic E-state index is 9.69. The van der Waals surface area contributed by atoms with Gasteiger partial charge in [0.05, 0.1) is 18.8 Å². The Morgan fingerprint density at radius 1 is 1.53 bits per heavy atom. The van der Waals surface area contributed by atoms with Crippen molar-refractivity contribution in [1.82, 2.24) is 5.32 Å². The SMILES string of the molecule is COc1ccc(CNC2CC(O)C2(C)C)cc1C#N. The van der Waals surface area contributed by atoms with Gasteiger partial charge in [-0.3, -0.25) is 0 Å². The van der Waals surface area contributed by atoms with E-state index in [1.165, 1.54) is 0 Å². The number of methoxy groups -OCH3 is 1. The van der Waals surface area contributed by atoms with Gasteiger partial charge in [0.2, 0.25) is 0 Å². The Morgan fingerprint density at radius 3 is 2.79 bits per heavy atom. The first-order valence-corrected chi connectivity index (χ1v) is 6.47. The fourth-order valence-corrected chi connectivity index (χ4v) is 2.44. The van der Waals surface area contributed by atoms with Crippen LogP contribution in [-0.2, 0) is 6.54 Å². The molecule has 4 heteroatoms. The van der Waals surface area contributed by atoms with Crippen LogP contribution in [0.15, 0.2) is 18.2 Å². The first kappa shape index (κ1) is 13.9. The zero-order valence-corrected chi connectivity index (χ0v) is 11.6. The molecule has 1 aliphatic rings. The van der Waals surface area contributed by atoms with E-state index in [1.807, 2.05) is 18.2 Å². The number of hydrogen-bond donors (Lipinski definition) is 2. The van der Waals surface area contributed by atoms with Crippen molar-refractivity contribution in [3.05, 3.63) is 29.3 Å². The van der Waals surface area contributed by atoms with Crippen LogP contribution in [-0.4, -0.2) is 24.4 Å². The number of nitriles is 1. The Morgan fingerprint density at radius 2 is 2.26 bits per heavy atom. The van der Waals surface area contributed by atoms with Crippen LogP contribution in [0.5, 0.6) is 5.75 Å². The molecule has 1 aromatic carbocycles. The Bertz CT molecular complexity index is 505. The fourth-order valence-electron chi connectivity index (χ4n) is 2.44. The molecular formula is C15H20N2O2. The Kier molecular flexibility index (Phi) is 3.79. The normalized spacial score (nSPS) is 24.4. The molecular weight excluding hydrogens is 240 g/mol. The minimum absolute atomic E-state index is 0.0788. The van der Waals surface area contributed by atoms with E-state index < -0.39 is 0 Å². The average Bonchev–Trinajstić information content (AvgIpc) is 2.42. The minimum Gasteiger partial charge on any atom is -0.495 e. The van der Waals surface area contributed by atoms with E-state index in [2.05, 4.69) is 25.2 Å². The van der Waals surface area contributed by atoms with Crippen molar-refractivity contribution >= 4 is 0 Å². The summed E-state index contributed by atoms with van der Waals surface area (Å²) in [7, 11) is 1.56. The lowest BCUT2D eigenvalue weighted by molar-refractivity contribution is -0.0729. The van der Waals surface area contributed by atoms with E-state index in [1.54, 1.807) is 7.11 Å². The van der Waals surface area contributed by atoms with Gasteiger partial charge in [0.25, 0.3) is 0 Å². The van der Waals surface area contributed by atoms with Gasteiger partial charge in [-0.2, -0.15) is 5.26 Å². The number of aliphatic hydroxyl groups excluding tert-OH is 1. The third kappa shape index (κ3) is 2.58. The zero-order valence-electron chi connectivity index (χ0n) is 11.6. The summed E-state index contributed by atoms with van der Waals surface area (Å²) in [6.07, 6.45) is 0.560. The first-order valence-electron chi connectivity index (χ1n) is 6.47. The van der Waals surface area contributed by atoms with E-state index in [9.17, 15) is 5.11 Å². The van der Waals surface area contributed by atoms with Crippen molar-refractivity contribution < 1.29 is 9.84 Å². The summed E-state index contributed by atoms with van der Waals surface area (Å²) in [5.74, 6) is 0.602. The molecule has 1 fully saturated rings. The van der Waals surface area contributed by atoms with Crippen LogP contribution in [0, 0.1) is 16.7 Å². The molecule has 0 aliphatic heterocycles. The lowest BCUT2D eigenvalue weighted by atomic mass is 9.64. The number of aliphatic hydroxyl groups is 1. The predicted molar refractivity (Wildman–Crippen MR) is 72.7 cm³/mol. The number of ether oxygens (including phenoxy) is 1. The number of hydrogen-bond acceptors (Lipinski definition) is 4. The van der Waals surface area contributed by atoms with Gasteiger partial charge in [0.15, 0.2) is 0 Å². The van der Waals surface area contributed by atoms with Crippen molar-refractivity contribution in [1.29, 1.82) is 5.26 Å². The number of nitrogens with one attached hydrogen (secondary N) is 1. The Labute approximate surface area is 114 Å². The van der Waals surface area contributed by atoms with E-state index in [4.69, 9.17) is 10.00 Å². The van der Waals surface area contributed by atoms with Crippen molar-refractivity contribution in [3.63, 3.8) is 0 Å². The van der Waals surface area contributed by atoms with Crippen LogP contribution in [0.1, 0.15) is 31.4 Å². The molecule has 0 heterocycles. The van der Waals surface area contributed by atoms with Gasteiger partial charge in [0, 0.05) is 18.0 Å². The van der Waals surface area contributed by atoms with Gasteiger partial charge in [0.1, 0.15) is 11.8 Å². The van der Waals surface area contributed by atoms with Crippen molar-refractivity contribution in [2.75, 3.05) is 7.11 Å². The summed E-state index contributed by atoms with van der Waals surface area (Å²) >= 11 is 0. The van der Waals surface area contributed by atoms with E-state index in [0.29, 0.717) is 23.9 Å². The predicted octanol–water partition coefficient (Wildman–Crippen LogP) is 1.82. The highest BCUT2D eigenvalue weighted by Gasteiger charge is 2.46. The molecule has 2 N–H and O–H groups in total. The van der Waals surface area contributed by atoms with Gasteiger partial charge < -0.3 is 15.2 Å². The second-order valence-electron chi connectivity index (χ2n) is 5.65. The highest BCUT2D eigenvalue weighted by Crippen LogP contribution is 2.40. The van der Waals surface area contributed by atoms with Crippen LogP contribution < -0.4 is 10.1 Å². The molecule has 0 spiro atoms. The van der Waals surface area contributed by atoms with Crippen LogP contribution in [0.25, 0.3) is 0 Å². The molecule has 102 valence electrons. The molecule has 0 bridgehead atoms. The maximum atomic E-state index is 9.69. The summed E-state index contributed by atoms with van der Waals surface area (Å²) in [5.41, 5.74) is 1.52. The summed E-state index contributed by atoms with van der Waals surface area (Å²) in [4.78, 5) is 0. The van der Waals surface area contributed by atoms with Gasteiger partial charge in [-0.05, 0) is 24.1 Å². The number of benzene rings is 1. The highest BCUT2D eigenvalue weighted by molar-refractivity contribution is 5.45. The molecule has 1 saturated carbocycles. The lowest BCUT2D eigenvalue weighted by Crippen LogP contribution is -2.59. The van der Waals surface area contributed by atoms with E-state index in [-0.39, 0.29) is 11.5 Å². The minimum atomic E-state index is -0.226. The monoisotopic (exact) mass is 260 g/mol. The molecule has 1 aliphatic carbocycles. The second kappa shape index (κ2) is 5.20. The largest absolute Gasteiger partial charge is 0.495 e. The molecule has 0 saturated heterocycles. The molecule has 1 aromatic rings. The van der Waals surface area contributed by atoms with Gasteiger partial charge >= 0.3 is 0 Å². The smallest absolute Gasteiger partial charge is 0.136 e. The number of nitrogens with zero attached hydrogens (tertiary/aromatic N) is 1. The maximum Gasteiger partial charge on any atom is 0.136 e. The number of rotatable bonds is 4. The van der Waals surface area contributed by atoms with Crippen LogP contribution >= 0.6 is 0 Å². The van der Waals surface area contributed by atoms with Crippen LogP contribution in [0.3, 0.4) is 0 Å². The Hall–Kier alpha value is -1.57. The van der Waals surface area contributed by atoms with Crippen LogP contribution in [0.4, 0.5) is 0 Å². The molecule has 0 radical (unpaired) electrons. The van der Waals surface area contributed by atoms with Crippen molar-refractivity contribution in [2.45, 2.75) is 39.0 Å². The van der Waals surface area contributed by atoms with Crippen molar-refractivity contribution in [2.24, 2.45) is 5.41 Å². The third-order valence-electron chi connectivity index (χ3n) is 4.15. The van der Waals surface area contributed by atoms with Crippen LogP contribution in [0.2, 0.25) is 0 Å². The second-order valence-corrected chi connectivity index (χ2v) is 5.65. The first-order chi connectivity index (χ1) is 8.98. The average molecular weight is 260 g/mol. The molecule has 4 nitrogen and oxygen atoms in total. The molecule has 2 unspecified atom stereocenters. The zero-order chi connectivity index (χ0) is 14.0. The topological polar surface area (TPSA) is 65.3 Å². The van der Waals surface area contributed by atoms with Gasteiger partial charge in [-0.15, -0.1) is 0 Å². The summed E-state index contributed by atoms with van der Waals surface area (Å²) in [6.45, 7) is 4.82. The quantitative estimate of drug-likeness (QED) is 0.866. The molecule has 2 rings (SSSR count). The van der Waals surface area contributed by atoms with Gasteiger partial charge in [-0.25, -0.2) is 0 Å². The van der Waals surface area contributed by atoms with E-state index in [0.717, 1.165) is 12.0 Å². The summed E-state index contributed by atoms with van der Waals surface area (Å²) < 4.78 is 5.12. The summed E-state index contributed by atoms with van der Waals surface area (Å²) in [6, 6.07) is 8.06. The van der Waals surface area contributed by atoms with Crippen molar-refractivity contribution in [3.8, 4) is 11.8 Å². The fraction of sp³-hybridized carbons (Fsp3) is 0.533. The van der Waals surface area contributed by atoms with Gasteiger partial charge in [-0.1, -0.05) is 19.9 Å². The molecule has 19 heavy (non-hydrogen) atoms. The molecule has 2 atom stereocenters. The lowest BCUT2D eigenvalue weighted by Gasteiger charge is -2.49. The van der Waals surface area contributed by atoms with E-state index >= 15 is 0 Å².